The summed E-state index contributed by atoms with van der Waals surface area (Å²) in [7, 11) is 1.31. The summed E-state index contributed by atoms with van der Waals surface area (Å²) in [4.78, 5) is 27.0. The van der Waals surface area contributed by atoms with Gasteiger partial charge in [-0.2, -0.15) is 26.3 Å². The second kappa shape index (κ2) is 9.55. The molecule has 0 aromatic heterocycles. The highest BCUT2D eigenvalue weighted by atomic mass is 19.4. The molecule has 0 aliphatic carbocycles. The van der Waals surface area contributed by atoms with Gasteiger partial charge in [-0.15, -0.1) is 0 Å². The van der Waals surface area contributed by atoms with E-state index in [4.69, 9.17) is 0 Å². The summed E-state index contributed by atoms with van der Waals surface area (Å²) in [5.74, 6) is -1.67. The van der Waals surface area contributed by atoms with Crippen LogP contribution in [0.25, 0.3) is 0 Å². The summed E-state index contributed by atoms with van der Waals surface area (Å²) in [6, 6.07) is 9.97. The molecule has 1 heterocycles. The standard InChI is InChI=1S/C23H22F6N2O3/c1-30(12-14-9-16(22(24,25)26)11-17(10-14)23(27,28)29)20(32)18-7-8-31(21(33)34)13-19(18)15-5-3-2-4-6-15/h2-6,9-11,18-19H,7-8,12-13H2,1H3,(H,33,34)/t18-,19+/m1/s1. The highest BCUT2D eigenvalue weighted by Crippen LogP contribution is 2.37. The highest BCUT2D eigenvalue weighted by Gasteiger charge is 2.39. The minimum absolute atomic E-state index is 0.0401. The monoisotopic (exact) mass is 488 g/mol. The minimum Gasteiger partial charge on any atom is -0.465 e. The Kier molecular flexibility index (Phi) is 7.13. The van der Waals surface area contributed by atoms with Gasteiger partial charge in [-0.3, -0.25) is 4.79 Å². The molecular weight excluding hydrogens is 466 g/mol. The molecule has 0 unspecified atom stereocenters. The van der Waals surface area contributed by atoms with Crippen molar-refractivity contribution in [2.24, 2.45) is 5.92 Å². The molecule has 3 rings (SSSR count). The van der Waals surface area contributed by atoms with Crippen LogP contribution in [-0.2, 0) is 23.7 Å². The van der Waals surface area contributed by atoms with Crippen LogP contribution in [0.2, 0.25) is 0 Å². The van der Waals surface area contributed by atoms with E-state index in [1.54, 1.807) is 30.3 Å². The highest BCUT2D eigenvalue weighted by molar-refractivity contribution is 5.80. The van der Waals surface area contributed by atoms with Crippen molar-refractivity contribution >= 4 is 12.0 Å². The normalized spacial score (nSPS) is 19.1. The first-order valence-corrected chi connectivity index (χ1v) is 10.3. The van der Waals surface area contributed by atoms with E-state index in [0.29, 0.717) is 12.1 Å². The fourth-order valence-electron chi connectivity index (χ4n) is 4.20. The van der Waals surface area contributed by atoms with Crippen LogP contribution in [0.4, 0.5) is 31.1 Å². The maximum Gasteiger partial charge on any atom is 0.416 e. The predicted octanol–water partition coefficient (Wildman–Crippen LogP) is 5.47. The summed E-state index contributed by atoms with van der Waals surface area (Å²) in [6.07, 6.45) is -10.9. The van der Waals surface area contributed by atoms with Gasteiger partial charge in [-0.1, -0.05) is 30.3 Å². The maximum absolute atomic E-state index is 13.2. The largest absolute Gasteiger partial charge is 0.465 e. The van der Waals surface area contributed by atoms with E-state index in [-0.39, 0.29) is 31.1 Å². The number of nitrogens with zero attached hydrogens (tertiary/aromatic N) is 2. The second-order valence-corrected chi connectivity index (χ2v) is 8.25. The second-order valence-electron chi connectivity index (χ2n) is 8.25. The van der Waals surface area contributed by atoms with Crippen LogP contribution >= 0.6 is 0 Å². The number of carboxylic acid groups (broad SMARTS) is 1. The molecule has 0 spiro atoms. The summed E-state index contributed by atoms with van der Waals surface area (Å²) < 4.78 is 79.0. The molecule has 2 amide bonds. The van der Waals surface area contributed by atoms with E-state index < -0.39 is 53.9 Å². The SMILES string of the molecule is CN(Cc1cc(C(F)(F)F)cc(C(F)(F)F)c1)C(=O)[C@@H]1CCN(C(=O)O)C[C@H]1c1ccccc1. The molecule has 0 radical (unpaired) electrons. The number of halogens is 6. The number of likely N-dealkylation sites (tertiary alicyclic amines) is 1. The molecule has 34 heavy (non-hydrogen) atoms. The Morgan fingerprint density at radius 3 is 2.06 bits per heavy atom. The first kappa shape index (κ1) is 25.4. The van der Waals surface area contributed by atoms with E-state index in [0.717, 1.165) is 10.5 Å². The molecule has 11 heteroatoms. The molecule has 1 aliphatic heterocycles. The van der Waals surface area contributed by atoms with Crippen molar-refractivity contribution in [2.45, 2.75) is 31.2 Å². The van der Waals surface area contributed by atoms with Gasteiger partial charge in [0.25, 0.3) is 0 Å². The van der Waals surface area contributed by atoms with Crippen LogP contribution in [0.1, 0.15) is 34.6 Å². The van der Waals surface area contributed by atoms with Crippen molar-refractivity contribution < 1.29 is 41.0 Å². The Bertz CT molecular complexity index is 1010. The molecular formula is C23H22F6N2O3. The average molecular weight is 488 g/mol. The lowest BCUT2D eigenvalue weighted by Crippen LogP contribution is -2.47. The van der Waals surface area contributed by atoms with Gasteiger partial charge in [0, 0.05) is 38.5 Å². The van der Waals surface area contributed by atoms with Crippen LogP contribution in [0, 0.1) is 5.92 Å². The van der Waals surface area contributed by atoms with E-state index in [1.807, 2.05) is 0 Å². The molecule has 0 bridgehead atoms. The van der Waals surface area contributed by atoms with E-state index in [9.17, 15) is 41.0 Å². The van der Waals surface area contributed by atoms with Gasteiger partial charge in [-0.05, 0) is 35.7 Å². The van der Waals surface area contributed by atoms with Crippen molar-refractivity contribution in [3.8, 4) is 0 Å². The third-order valence-electron chi connectivity index (χ3n) is 5.87. The first-order valence-electron chi connectivity index (χ1n) is 10.3. The molecule has 1 fully saturated rings. The summed E-state index contributed by atoms with van der Waals surface area (Å²) in [5.41, 5.74) is -2.49. The molecule has 1 N–H and O–H groups in total. The lowest BCUT2D eigenvalue weighted by atomic mass is 9.80. The Balaban J connectivity index is 1.87. The number of alkyl halides is 6. The van der Waals surface area contributed by atoms with Crippen molar-refractivity contribution in [1.29, 1.82) is 0 Å². The molecule has 1 aliphatic rings. The lowest BCUT2D eigenvalue weighted by molar-refractivity contribution is -0.143. The number of carbonyl (C=O) groups is 2. The van der Waals surface area contributed by atoms with Crippen molar-refractivity contribution in [1.82, 2.24) is 9.80 Å². The van der Waals surface area contributed by atoms with Crippen LogP contribution in [-0.4, -0.2) is 47.0 Å². The molecule has 2 aromatic rings. The van der Waals surface area contributed by atoms with Gasteiger partial charge in [0.15, 0.2) is 0 Å². The van der Waals surface area contributed by atoms with Crippen molar-refractivity contribution in [3.63, 3.8) is 0 Å². The fourth-order valence-corrected chi connectivity index (χ4v) is 4.20. The van der Waals surface area contributed by atoms with Crippen LogP contribution in [0.15, 0.2) is 48.5 Å². The van der Waals surface area contributed by atoms with Gasteiger partial charge >= 0.3 is 18.4 Å². The summed E-state index contributed by atoms with van der Waals surface area (Å²) in [5, 5.41) is 9.36. The van der Waals surface area contributed by atoms with Gasteiger partial charge in [-0.25, -0.2) is 4.79 Å². The fraction of sp³-hybridized carbons (Fsp3) is 0.391. The molecule has 184 valence electrons. The third-order valence-corrected chi connectivity index (χ3v) is 5.87. The number of rotatable bonds is 4. The molecule has 2 aromatic carbocycles. The Morgan fingerprint density at radius 1 is 1.00 bits per heavy atom. The van der Waals surface area contributed by atoms with Crippen molar-refractivity contribution in [3.05, 3.63) is 70.8 Å². The van der Waals surface area contributed by atoms with Gasteiger partial charge in [0.1, 0.15) is 0 Å². The molecule has 5 nitrogen and oxygen atoms in total. The maximum atomic E-state index is 13.2. The number of amides is 2. The first-order chi connectivity index (χ1) is 15.8. The van der Waals surface area contributed by atoms with Gasteiger partial charge in [0.05, 0.1) is 11.1 Å². The molecule has 0 saturated carbocycles. The average Bonchev–Trinajstić information content (AvgIpc) is 2.77. The zero-order chi connectivity index (χ0) is 25.3. The van der Waals surface area contributed by atoms with E-state index >= 15 is 0 Å². The van der Waals surface area contributed by atoms with Crippen LogP contribution < -0.4 is 0 Å². The number of hydrogen-bond donors (Lipinski definition) is 1. The summed E-state index contributed by atoms with van der Waals surface area (Å²) >= 11 is 0. The Hall–Kier alpha value is -3.24. The predicted molar refractivity (Wildman–Crippen MR) is 110 cm³/mol. The Morgan fingerprint density at radius 2 is 1.56 bits per heavy atom. The van der Waals surface area contributed by atoms with Gasteiger partial charge < -0.3 is 14.9 Å². The van der Waals surface area contributed by atoms with Gasteiger partial charge in [0.2, 0.25) is 5.91 Å². The smallest absolute Gasteiger partial charge is 0.416 e. The van der Waals surface area contributed by atoms with Crippen LogP contribution in [0.5, 0.6) is 0 Å². The zero-order valence-electron chi connectivity index (χ0n) is 18.0. The number of benzene rings is 2. The zero-order valence-corrected chi connectivity index (χ0v) is 18.0. The van der Waals surface area contributed by atoms with Crippen LogP contribution in [0.3, 0.4) is 0 Å². The summed E-state index contributed by atoms with van der Waals surface area (Å²) in [6.45, 7) is -0.331. The minimum atomic E-state index is -4.99. The van der Waals surface area contributed by atoms with Crippen molar-refractivity contribution in [2.75, 3.05) is 20.1 Å². The number of hydrogen-bond acceptors (Lipinski definition) is 2. The van der Waals surface area contributed by atoms with E-state index in [2.05, 4.69) is 0 Å². The quantitative estimate of drug-likeness (QED) is 0.581. The van der Waals surface area contributed by atoms with E-state index in [1.165, 1.54) is 11.9 Å². The molecule has 1 saturated heterocycles. The molecule has 2 atom stereocenters. The third kappa shape index (κ3) is 5.81. The topological polar surface area (TPSA) is 60.9 Å². The number of carbonyl (C=O) groups excluding carboxylic acids is 1. The lowest BCUT2D eigenvalue weighted by Gasteiger charge is -2.38. The Labute approximate surface area is 191 Å². The number of piperidine rings is 1.